The molecule has 1 unspecified atom stereocenters. The average Bonchev–Trinajstić information content (AvgIpc) is 2.81. The molecule has 2 atom stereocenters. The highest BCUT2D eigenvalue weighted by Crippen LogP contribution is 2.57. The molecule has 2 heteroatoms. The van der Waals surface area contributed by atoms with Crippen molar-refractivity contribution in [3.05, 3.63) is 24.3 Å². The summed E-state index contributed by atoms with van der Waals surface area (Å²) < 4.78 is 5.70. The predicted octanol–water partition coefficient (Wildman–Crippen LogP) is 2.99. The largest absolute Gasteiger partial charge is 0.458 e. The van der Waals surface area contributed by atoms with Gasteiger partial charge in [-0.1, -0.05) is 31.2 Å². The van der Waals surface area contributed by atoms with Crippen LogP contribution in [0.5, 0.6) is 0 Å². The zero-order valence-corrected chi connectivity index (χ0v) is 9.79. The molecule has 2 nitrogen and oxygen atoms in total. The van der Waals surface area contributed by atoms with Crippen LogP contribution in [0.15, 0.2) is 24.3 Å². The maximum Gasteiger partial charge on any atom is 0.313 e. The van der Waals surface area contributed by atoms with Gasteiger partial charge in [0.25, 0.3) is 0 Å². The molecule has 0 aromatic carbocycles. The van der Waals surface area contributed by atoms with Crippen LogP contribution < -0.4 is 0 Å². The minimum Gasteiger partial charge on any atom is -0.458 e. The second-order valence-corrected chi connectivity index (χ2v) is 5.85. The lowest BCUT2D eigenvalue weighted by Crippen LogP contribution is -2.25. The van der Waals surface area contributed by atoms with Crippen LogP contribution in [0.3, 0.4) is 0 Å². The van der Waals surface area contributed by atoms with Crippen LogP contribution in [0.25, 0.3) is 0 Å². The Labute approximate surface area is 96.4 Å². The van der Waals surface area contributed by atoms with E-state index in [1.54, 1.807) is 0 Å². The Morgan fingerprint density at radius 2 is 2.12 bits per heavy atom. The van der Waals surface area contributed by atoms with Gasteiger partial charge >= 0.3 is 5.97 Å². The van der Waals surface area contributed by atoms with Crippen molar-refractivity contribution in [1.29, 1.82) is 0 Å². The second kappa shape index (κ2) is 2.99. The minimum atomic E-state index is -0.234. The fourth-order valence-corrected chi connectivity index (χ4v) is 3.64. The molecule has 2 spiro atoms. The molecule has 0 aromatic heterocycles. The fraction of sp³-hybridized carbons (Fsp3) is 0.643. The van der Waals surface area contributed by atoms with Crippen molar-refractivity contribution in [3.8, 4) is 0 Å². The lowest BCUT2D eigenvalue weighted by atomic mass is 9.77. The number of carbonyl (C=O) groups excluding carboxylic acids is 1. The summed E-state index contributed by atoms with van der Waals surface area (Å²) >= 11 is 0. The Morgan fingerprint density at radius 1 is 1.44 bits per heavy atom. The highest BCUT2D eigenvalue weighted by molar-refractivity contribution is 5.81. The molecule has 2 fully saturated rings. The van der Waals surface area contributed by atoms with Gasteiger partial charge in [-0.15, -0.1) is 0 Å². The lowest BCUT2D eigenvalue weighted by molar-refractivity contribution is -0.153. The molecular weight excluding hydrogens is 200 g/mol. The molecule has 86 valence electrons. The summed E-state index contributed by atoms with van der Waals surface area (Å²) in [4.78, 5) is 12.2. The number of hydrogen-bond donors (Lipinski definition) is 0. The van der Waals surface area contributed by atoms with E-state index >= 15 is 0 Å². The zero-order chi connectivity index (χ0) is 11.4. The molecule has 0 radical (unpaired) electrons. The number of hydrogen-bond acceptors (Lipinski definition) is 2. The average molecular weight is 218 g/mol. The van der Waals surface area contributed by atoms with Crippen LogP contribution in [0.2, 0.25) is 0 Å². The van der Waals surface area contributed by atoms with E-state index in [9.17, 15) is 4.79 Å². The molecule has 1 heterocycles. The van der Waals surface area contributed by atoms with E-state index in [1.807, 2.05) is 0 Å². The monoisotopic (exact) mass is 218 g/mol. The van der Waals surface area contributed by atoms with E-state index in [0.717, 1.165) is 32.1 Å². The molecule has 0 amide bonds. The molecule has 1 aliphatic heterocycles. The van der Waals surface area contributed by atoms with Crippen molar-refractivity contribution in [2.75, 3.05) is 0 Å². The lowest BCUT2D eigenvalue weighted by Gasteiger charge is -2.22. The SMILES string of the molecule is C=C1C[C@]2(CC1C)CC1(CC=CC1)OC2=O. The number of carbonyl (C=O) groups is 1. The van der Waals surface area contributed by atoms with E-state index in [2.05, 4.69) is 25.7 Å². The third kappa shape index (κ3) is 1.22. The molecule has 1 saturated carbocycles. The number of ether oxygens (including phenoxy) is 1. The van der Waals surface area contributed by atoms with Gasteiger partial charge in [0.05, 0.1) is 5.41 Å². The summed E-state index contributed by atoms with van der Waals surface area (Å²) in [5, 5.41) is 0. The maximum absolute atomic E-state index is 12.2. The van der Waals surface area contributed by atoms with Gasteiger partial charge in [0.15, 0.2) is 0 Å². The summed E-state index contributed by atoms with van der Waals surface area (Å²) in [7, 11) is 0. The van der Waals surface area contributed by atoms with E-state index < -0.39 is 0 Å². The molecule has 3 rings (SSSR count). The normalized spacial score (nSPS) is 40.2. The first-order valence-electron chi connectivity index (χ1n) is 6.11. The van der Waals surface area contributed by atoms with Crippen LogP contribution in [0.1, 0.15) is 39.0 Å². The van der Waals surface area contributed by atoms with Crippen LogP contribution >= 0.6 is 0 Å². The second-order valence-electron chi connectivity index (χ2n) is 5.85. The van der Waals surface area contributed by atoms with Crippen LogP contribution in [0, 0.1) is 11.3 Å². The molecule has 2 aliphatic carbocycles. The Balaban J connectivity index is 1.88. The first-order chi connectivity index (χ1) is 7.55. The van der Waals surface area contributed by atoms with Crippen molar-refractivity contribution in [2.24, 2.45) is 11.3 Å². The summed E-state index contributed by atoms with van der Waals surface area (Å²) in [6, 6.07) is 0. The van der Waals surface area contributed by atoms with Crippen molar-refractivity contribution >= 4 is 5.97 Å². The van der Waals surface area contributed by atoms with Crippen LogP contribution in [0.4, 0.5) is 0 Å². The Kier molecular flexibility index (Phi) is 1.90. The van der Waals surface area contributed by atoms with Gasteiger partial charge in [0.1, 0.15) is 5.60 Å². The van der Waals surface area contributed by atoms with Gasteiger partial charge in [0.2, 0.25) is 0 Å². The third-order valence-corrected chi connectivity index (χ3v) is 4.51. The molecule has 16 heavy (non-hydrogen) atoms. The standard InChI is InChI=1S/C14H18O2/c1-10-7-13(8-11(10)2)9-14(16-12(13)15)5-3-4-6-14/h3-4,11H,1,5-9H2,2H3/t11?,13-/m0/s1. The quantitative estimate of drug-likeness (QED) is 0.461. The molecule has 0 bridgehead atoms. The fourth-order valence-electron chi connectivity index (χ4n) is 3.64. The van der Waals surface area contributed by atoms with Crippen molar-refractivity contribution in [3.63, 3.8) is 0 Å². The molecule has 0 N–H and O–H groups in total. The van der Waals surface area contributed by atoms with Gasteiger partial charge in [0, 0.05) is 19.3 Å². The number of allylic oxidation sites excluding steroid dienone is 1. The smallest absolute Gasteiger partial charge is 0.313 e. The Hall–Kier alpha value is -1.05. The minimum absolute atomic E-state index is 0.0294. The van der Waals surface area contributed by atoms with Crippen LogP contribution in [-0.2, 0) is 9.53 Å². The maximum atomic E-state index is 12.2. The van der Waals surface area contributed by atoms with Crippen LogP contribution in [-0.4, -0.2) is 11.6 Å². The zero-order valence-electron chi connectivity index (χ0n) is 9.79. The summed E-state index contributed by atoms with van der Waals surface area (Å²) in [6.07, 6.45) is 8.76. The number of rotatable bonds is 0. The highest BCUT2D eigenvalue weighted by Gasteiger charge is 2.59. The molecule has 1 saturated heterocycles. The summed E-state index contributed by atoms with van der Waals surface area (Å²) in [6.45, 7) is 6.25. The first kappa shape index (κ1) is 10.1. The van der Waals surface area contributed by atoms with E-state index in [4.69, 9.17) is 4.74 Å². The van der Waals surface area contributed by atoms with Gasteiger partial charge in [-0.05, 0) is 18.8 Å². The van der Waals surface area contributed by atoms with Crippen molar-refractivity contribution < 1.29 is 9.53 Å². The highest BCUT2D eigenvalue weighted by atomic mass is 16.6. The predicted molar refractivity (Wildman–Crippen MR) is 61.8 cm³/mol. The van der Waals surface area contributed by atoms with E-state index in [0.29, 0.717) is 5.92 Å². The topological polar surface area (TPSA) is 26.3 Å². The Bertz CT molecular complexity index is 386. The summed E-state index contributed by atoms with van der Waals surface area (Å²) in [5.74, 6) is 0.499. The molecular formula is C14H18O2. The van der Waals surface area contributed by atoms with Crippen molar-refractivity contribution in [2.45, 2.75) is 44.6 Å². The third-order valence-electron chi connectivity index (χ3n) is 4.51. The van der Waals surface area contributed by atoms with E-state index in [1.165, 1.54) is 5.57 Å². The van der Waals surface area contributed by atoms with Gasteiger partial charge < -0.3 is 4.74 Å². The van der Waals surface area contributed by atoms with Gasteiger partial charge in [-0.25, -0.2) is 0 Å². The van der Waals surface area contributed by atoms with E-state index in [-0.39, 0.29) is 17.0 Å². The number of esters is 1. The van der Waals surface area contributed by atoms with Crippen molar-refractivity contribution in [1.82, 2.24) is 0 Å². The van der Waals surface area contributed by atoms with Gasteiger partial charge in [-0.3, -0.25) is 4.79 Å². The summed E-state index contributed by atoms with van der Waals surface area (Å²) in [5.41, 5.74) is 0.796. The first-order valence-corrected chi connectivity index (χ1v) is 6.11. The molecule has 0 aromatic rings. The molecule has 3 aliphatic rings. The Morgan fingerprint density at radius 3 is 2.69 bits per heavy atom. The van der Waals surface area contributed by atoms with Gasteiger partial charge in [-0.2, -0.15) is 0 Å².